The smallest absolute Gasteiger partial charge is 0.186 e. The second kappa shape index (κ2) is 6.12. The molecular formula is C17H22FN5O. The van der Waals surface area contributed by atoms with Gasteiger partial charge in [0.25, 0.3) is 0 Å². The number of halogens is 1. The van der Waals surface area contributed by atoms with Crippen LogP contribution in [0.4, 0.5) is 10.2 Å². The summed E-state index contributed by atoms with van der Waals surface area (Å²) in [5, 5.41) is 3.82. The summed E-state index contributed by atoms with van der Waals surface area (Å²) >= 11 is 0. The molecule has 0 spiro atoms. The Balaban J connectivity index is 1.45. The number of hydrogen-bond acceptors (Lipinski definition) is 6. The summed E-state index contributed by atoms with van der Waals surface area (Å²) in [6.07, 6.45) is 4.02. The van der Waals surface area contributed by atoms with Crippen molar-refractivity contribution in [3.63, 3.8) is 0 Å². The second-order valence-electron chi connectivity index (χ2n) is 6.75. The molecule has 128 valence electrons. The molecule has 1 aliphatic heterocycles. The monoisotopic (exact) mass is 331 g/mol. The Morgan fingerprint density at radius 2 is 1.92 bits per heavy atom. The number of piperazine rings is 1. The number of anilines is 1. The molecule has 0 unspecified atom stereocenters. The zero-order valence-corrected chi connectivity index (χ0v) is 14.1. The van der Waals surface area contributed by atoms with Crippen LogP contribution in [0.3, 0.4) is 0 Å². The molecule has 24 heavy (non-hydrogen) atoms. The van der Waals surface area contributed by atoms with Crippen LogP contribution in [-0.4, -0.2) is 46.2 Å². The molecule has 0 radical (unpaired) electrons. The van der Waals surface area contributed by atoms with Crippen LogP contribution in [0.5, 0.6) is 0 Å². The molecule has 0 amide bonds. The van der Waals surface area contributed by atoms with Gasteiger partial charge in [0.05, 0.1) is 11.9 Å². The first-order chi connectivity index (χ1) is 11.6. The van der Waals surface area contributed by atoms with Gasteiger partial charge in [0.15, 0.2) is 11.6 Å². The predicted molar refractivity (Wildman–Crippen MR) is 87.4 cm³/mol. The van der Waals surface area contributed by atoms with Gasteiger partial charge in [-0.1, -0.05) is 5.16 Å². The fourth-order valence-corrected chi connectivity index (χ4v) is 3.13. The van der Waals surface area contributed by atoms with Crippen molar-refractivity contribution in [2.75, 3.05) is 31.1 Å². The first kappa shape index (κ1) is 15.5. The molecule has 2 aliphatic rings. The number of hydrogen-bond donors (Lipinski definition) is 0. The highest BCUT2D eigenvalue weighted by Crippen LogP contribution is 2.39. The lowest BCUT2D eigenvalue weighted by Gasteiger charge is -2.35. The van der Waals surface area contributed by atoms with Gasteiger partial charge in [-0.05, 0) is 26.7 Å². The molecule has 0 bridgehead atoms. The molecule has 2 aromatic rings. The van der Waals surface area contributed by atoms with Crippen LogP contribution < -0.4 is 4.90 Å². The van der Waals surface area contributed by atoms with Gasteiger partial charge in [-0.3, -0.25) is 4.90 Å². The highest BCUT2D eigenvalue weighted by atomic mass is 19.1. The molecule has 2 fully saturated rings. The zero-order chi connectivity index (χ0) is 16.7. The zero-order valence-electron chi connectivity index (χ0n) is 14.1. The summed E-state index contributed by atoms with van der Waals surface area (Å²) in [6, 6.07) is 0. The fraction of sp³-hybridized carbons (Fsp3) is 0.588. The van der Waals surface area contributed by atoms with Crippen molar-refractivity contribution in [1.82, 2.24) is 20.0 Å². The number of aryl methyl sites for hydroxylation is 2. The summed E-state index contributed by atoms with van der Waals surface area (Å²) in [5.74, 6) is 2.31. The molecule has 2 aromatic heterocycles. The summed E-state index contributed by atoms with van der Waals surface area (Å²) in [6.45, 7) is 7.75. The maximum Gasteiger partial charge on any atom is 0.186 e. The minimum Gasteiger partial charge on any atom is -0.361 e. The molecule has 0 atom stereocenters. The van der Waals surface area contributed by atoms with Gasteiger partial charge in [-0.25, -0.2) is 14.4 Å². The van der Waals surface area contributed by atoms with E-state index in [9.17, 15) is 4.39 Å². The summed E-state index contributed by atoms with van der Waals surface area (Å²) < 4.78 is 19.6. The van der Waals surface area contributed by atoms with Crippen LogP contribution in [-0.2, 0) is 6.54 Å². The number of nitrogens with zero attached hydrogens (tertiary/aromatic N) is 5. The van der Waals surface area contributed by atoms with E-state index in [0.717, 1.165) is 62.7 Å². The quantitative estimate of drug-likeness (QED) is 0.857. The largest absolute Gasteiger partial charge is 0.361 e. The Morgan fingerprint density at radius 3 is 2.54 bits per heavy atom. The Labute approximate surface area is 140 Å². The highest BCUT2D eigenvalue weighted by molar-refractivity contribution is 5.43. The first-order valence-corrected chi connectivity index (χ1v) is 8.53. The predicted octanol–water partition coefficient (Wildman–Crippen LogP) is 2.42. The van der Waals surface area contributed by atoms with Crippen molar-refractivity contribution in [3.8, 4) is 0 Å². The lowest BCUT2D eigenvalue weighted by molar-refractivity contribution is 0.247. The van der Waals surface area contributed by atoms with Crippen LogP contribution in [0.15, 0.2) is 10.7 Å². The van der Waals surface area contributed by atoms with Crippen molar-refractivity contribution >= 4 is 5.82 Å². The van der Waals surface area contributed by atoms with Gasteiger partial charge in [-0.2, -0.15) is 0 Å². The minimum absolute atomic E-state index is 0.275. The summed E-state index contributed by atoms with van der Waals surface area (Å²) in [7, 11) is 0. The van der Waals surface area contributed by atoms with Crippen LogP contribution >= 0.6 is 0 Å². The SMILES string of the molecule is Cc1nc(C2CC2)nc(N2CCN(Cc3cnoc3C)CC2)c1F. The summed E-state index contributed by atoms with van der Waals surface area (Å²) in [4.78, 5) is 13.2. The van der Waals surface area contributed by atoms with E-state index in [-0.39, 0.29) is 5.82 Å². The lowest BCUT2D eigenvalue weighted by atomic mass is 10.2. The molecular weight excluding hydrogens is 309 g/mol. The van der Waals surface area contributed by atoms with E-state index < -0.39 is 0 Å². The number of rotatable bonds is 4. The molecule has 0 aromatic carbocycles. The highest BCUT2D eigenvalue weighted by Gasteiger charge is 2.30. The van der Waals surface area contributed by atoms with E-state index >= 15 is 0 Å². The van der Waals surface area contributed by atoms with Gasteiger partial charge in [0, 0.05) is 44.2 Å². The van der Waals surface area contributed by atoms with Gasteiger partial charge < -0.3 is 9.42 Å². The normalized spacial score (nSPS) is 19.0. The standard InChI is InChI=1S/C17H22FN5O/c1-11-15(18)17(21-16(20-11)13-3-4-13)23-7-5-22(6-8-23)10-14-9-19-24-12(14)2/h9,13H,3-8,10H2,1-2H3. The van der Waals surface area contributed by atoms with E-state index in [1.807, 2.05) is 11.8 Å². The molecule has 6 nitrogen and oxygen atoms in total. The third kappa shape index (κ3) is 3.00. The van der Waals surface area contributed by atoms with Gasteiger partial charge in [-0.15, -0.1) is 0 Å². The van der Waals surface area contributed by atoms with Crippen molar-refractivity contribution in [2.24, 2.45) is 0 Å². The number of aromatic nitrogens is 3. The molecule has 4 rings (SSSR count). The molecule has 7 heteroatoms. The van der Waals surface area contributed by atoms with Gasteiger partial charge >= 0.3 is 0 Å². The Kier molecular flexibility index (Phi) is 3.96. The average molecular weight is 331 g/mol. The Morgan fingerprint density at radius 1 is 1.17 bits per heavy atom. The third-order valence-corrected chi connectivity index (χ3v) is 4.88. The minimum atomic E-state index is -0.275. The topological polar surface area (TPSA) is 58.3 Å². The average Bonchev–Trinajstić information content (AvgIpc) is 3.35. The Hall–Kier alpha value is -2.02. The summed E-state index contributed by atoms with van der Waals surface area (Å²) in [5.41, 5.74) is 1.58. The maximum atomic E-state index is 14.5. The van der Waals surface area contributed by atoms with Gasteiger partial charge in [0.1, 0.15) is 11.6 Å². The molecule has 1 aliphatic carbocycles. The molecule has 0 N–H and O–H groups in total. The molecule has 3 heterocycles. The van der Waals surface area contributed by atoms with E-state index in [1.54, 1.807) is 13.1 Å². The van der Waals surface area contributed by atoms with Crippen molar-refractivity contribution in [1.29, 1.82) is 0 Å². The second-order valence-corrected chi connectivity index (χ2v) is 6.75. The van der Waals surface area contributed by atoms with Gasteiger partial charge in [0.2, 0.25) is 0 Å². The fourth-order valence-electron chi connectivity index (χ4n) is 3.13. The maximum absolute atomic E-state index is 14.5. The lowest BCUT2D eigenvalue weighted by Crippen LogP contribution is -2.46. The van der Waals surface area contributed by atoms with Crippen molar-refractivity contribution < 1.29 is 8.91 Å². The Bertz CT molecular complexity index is 735. The van der Waals surface area contributed by atoms with E-state index in [4.69, 9.17) is 4.52 Å². The van der Waals surface area contributed by atoms with Crippen molar-refractivity contribution in [2.45, 2.75) is 39.2 Å². The van der Waals surface area contributed by atoms with Crippen LogP contribution in [0.25, 0.3) is 0 Å². The van der Waals surface area contributed by atoms with Crippen LogP contribution in [0, 0.1) is 19.7 Å². The van der Waals surface area contributed by atoms with E-state index in [0.29, 0.717) is 17.4 Å². The first-order valence-electron chi connectivity index (χ1n) is 8.53. The third-order valence-electron chi connectivity index (χ3n) is 4.88. The van der Waals surface area contributed by atoms with Crippen LogP contribution in [0.2, 0.25) is 0 Å². The molecule has 1 saturated carbocycles. The molecule has 1 saturated heterocycles. The van der Waals surface area contributed by atoms with Crippen molar-refractivity contribution in [3.05, 3.63) is 34.9 Å². The van der Waals surface area contributed by atoms with Crippen LogP contribution in [0.1, 0.15) is 41.6 Å². The van der Waals surface area contributed by atoms with E-state index in [1.165, 1.54) is 0 Å². The van der Waals surface area contributed by atoms with E-state index in [2.05, 4.69) is 20.0 Å².